The smallest absolute Gasteiger partial charge is 0.119 e. The van der Waals surface area contributed by atoms with E-state index in [0.717, 1.165) is 32.6 Å². The summed E-state index contributed by atoms with van der Waals surface area (Å²) in [5, 5.41) is 10.1. The average Bonchev–Trinajstić information content (AvgIpc) is 2.55. The Balaban J connectivity index is 1.69. The first-order valence-electron chi connectivity index (χ1n) is 6.43. The first-order chi connectivity index (χ1) is 10.3. The summed E-state index contributed by atoms with van der Waals surface area (Å²) in [5.74, 6) is 0.778. The second-order valence-electron chi connectivity index (χ2n) is 4.38. The SMILES string of the molecule is Clc1ccccc1CSc1ccc(-c2cccnc2)nn1. The van der Waals surface area contributed by atoms with Crippen molar-refractivity contribution in [3.8, 4) is 11.3 Å². The van der Waals surface area contributed by atoms with E-state index in [1.165, 1.54) is 0 Å². The highest BCUT2D eigenvalue weighted by atomic mass is 35.5. The van der Waals surface area contributed by atoms with Crippen molar-refractivity contribution < 1.29 is 0 Å². The van der Waals surface area contributed by atoms with E-state index in [9.17, 15) is 0 Å². The van der Waals surface area contributed by atoms with Crippen LogP contribution in [-0.4, -0.2) is 15.2 Å². The summed E-state index contributed by atoms with van der Waals surface area (Å²) in [7, 11) is 0. The molecule has 0 fully saturated rings. The third kappa shape index (κ3) is 3.60. The largest absolute Gasteiger partial charge is 0.264 e. The predicted molar refractivity (Wildman–Crippen MR) is 86.3 cm³/mol. The highest BCUT2D eigenvalue weighted by Gasteiger charge is 2.04. The fraction of sp³-hybridized carbons (Fsp3) is 0.0625. The van der Waals surface area contributed by atoms with Crippen LogP contribution in [0.15, 0.2) is 66.0 Å². The van der Waals surface area contributed by atoms with Crippen molar-refractivity contribution in [3.63, 3.8) is 0 Å². The van der Waals surface area contributed by atoms with Crippen LogP contribution in [0.5, 0.6) is 0 Å². The Morgan fingerprint density at radius 3 is 2.57 bits per heavy atom. The van der Waals surface area contributed by atoms with Gasteiger partial charge in [-0.05, 0) is 35.9 Å². The van der Waals surface area contributed by atoms with Gasteiger partial charge in [-0.25, -0.2) is 0 Å². The summed E-state index contributed by atoms with van der Waals surface area (Å²) in [6.45, 7) is 0. The molecule has 3 aromatic rings. The molecule has 0 radical (unpaired) electrons. The highest BCUT2D eigenvalue weighted by molar-refractivity contribution is 7.98. The number of aromatic nitrogens is 3. The maximum atomic E-state index is 6.14. The summed E-state index contributed by atoms with van der Waals surface area (Å²) >= 11 is 7.76. The van der Waals surface area contributed by atoms with E-state index in [1.807, 2.05) is 48.5 Å². The lowest BCUT2D eigenvalue weighted by molar-refractivity contribution is 0.934. The van der Waals surface area contributed by atoms with Crippen molar-refractivity contribution in [2.45, 2.75) is 10.8 Å². The lowest BCUT2D eigenvalue weighted by Gasteiger charge is -2.04. The van der Waals surface area contributed by atoms with Crippen molar-refractivity contribution in [1.82, 2.24) is 15.2 Å². The van der Waals surface area contributed by atoms with Crippen LogP contribution in [0.1, 0.15) is 5.56 Å². The number of pyridine rings is 1. The van der Waals surface area contributed by atoms with Crippen LogP contribution in [0.2, 0.25) is 5.02 Å². The molecule has 0 spiro atoms. The zero-order chi connectivity index (χ0) is 14.5. The lowest BCUT2D eigenvalue weighted by atomic mass is 10.2. The Morgan fingerprint density at radius 1 is 0.952 bits per heavy atom. The Hall–Kier alpha value is -1.91. The van der Waals surface area contributed by atoms with Crippen molar-refractivity contribution in [3.05, 3.63) is 71.5 Å². The first kappa shape index (κ1) is 14.0. The molecule has 0 atom stereocenters. The van der Waals surface area contributed by atoms with Gasteiger partial charge < -0.3 is 0 Å². The van der Waals surface area contributed by atoms with Crippen LogP contribution in [0, 0.1) is 0 Å². The zero-order valence-corrected chi connectivity index (χ0v) is 12.7. The number of hydrogen-bond donors (Lipinski definition) is 0. The fourth-order valence-electron chi connectivity index (χ4n) is 1.83. The summed E-state index contributed by atoms with van der Waals surface area (Å²) in [5.41, 5.74) is 2.89. The minimum absolute atomic E-state index is 0.778. The van der Waals surface area contributed by atoms with Crippen molar-refractivity contribution in [2.24, 2.45) is 0 Å². The third-order valence-electron chi connectivity index (χ3n) is 2.93. The second kappa shape index (κ2) is 6.70. The fourth-order valence-corrected chi connectivity index (χ4v) is 2.93. The zero-order valence-electron chi connectivity index (χ0n) is 11.1. The maximum absolute atomic E-state index is 6.14. The Kier molecular flexibility index (Phi) is 4.48. The molecular formula is C16H12ClN3S. The Bertz CT molecular complexity index is 717. The van der Waals surface area contributed by atoms with Gasteiger partial charge in [0.15, 0.2) is 0 Å². The van der Waals surface area contributed by atoms with Crippen LogP contribution in [0.25, 0.3) is 11.3 Å². The van der Waals surface area contributed by atoms with Gasteiger partial charge >= 0.3 is 0 Å². The molecule has 0 aliphatic rings. The normalized spacial score (nSPS) is 10.5. The van der Waals surface area contributed by atoms with Crippen molar-refractivity contribution in [1.29, 1.82) is 0 Å². The standard InChI is InChI=1S/C16H12ClN3S/c17-14-6-2-1-4-13(14)11-21-16-8-7-15(19-20-16)12-5-3-9-18-10-12/h1-10H,11H2. The number of benzene rings is 1. The van der Waals surface area contributed by atoms with E-state index in [0.29, 0.717) is 0 Å². The number of halogens is 1. The minimum Gasteiger partial charge on any atom is -0.264 e. The molecule has 0 N–H and O–H groups in total. The number of nitrogens with zero attached hydrogens (tertiary/aromatic N) is 3. The third-order valence-corrected chi connectivity index (χ3v) is 4.27. The molecular weight excluding hydrogens is 302 g/mol. The van der Waals surface area contributed by atoms with E-state index >= 15 is 0 Å². The molecule has 2 aromatic heterocycles. The molecule has 2 heterocycles. The van der Waals surface area contributed by atoms with Gasteiger partial charge in [0.05, 0.1) is 5.69 Å². The van der Waals surface area contributed by atoms with Crippen LogP contribution in [-0.2, 0) is 5.75 Å². The van der Waals surface area contributed by atoms with E-state index in [1.54, 1.807) is 24.2 Å². The monoisotopic (exact) mass is 313 g/mol. The molecule has 1 aromatic carbocycles. The molecule has 3 nitrogen and oxygen atoms in total. The summed E-state index contributed by atoms with van der Waals surface area (Å²) in [6, 6.07) is 15.6. The molecule has 0 bridgehead atoms. The van der Waals surface area contributed by atoms with E-state index in [-0.39, 0.29) is 0 Å². The van der Waals surface area contributed by atoms with Gasteiger partial charge in [-0.2, -0.15) is 0 Å². The van der Waals surface area contributed by atoms with Gasteiger partial charge in [0.25, 0.3) is 0 Å². The predicted octanol–water partition coefficient (Wildman–Crippen LogP) is 4.48. The van der Waals surface area contributed by atoms with Gasteiger partial charge in [0.2, 0.25) is 0 Å². The first-order valence-corrected chi connectivity index (χ1v) is 7.79. The van der Waals surface area contributed by atoms with E-state index in [2.05, 4.69) is 15.2 Å². The highest BCUT2D eigenvalue weighted by Crippen LogP contribution is 2.25. The molecule has 0 unspecified atom stereocenters. The summed E-state index contributed by atoms with van der Waals surface area (Å²) in [6.07, 6.45) is 3.52. The summed E-state index contributed by atoms with van der Waals surface area (Å²) < 4.78 is 0. The molecule has 104 valence electrons. The average molecular weight is 314 g/mol. The lowest BCUT2D eigenvalue weighted by Crippen LogP contribution is -1.90. The number of thioether (sulfide) groups is 1. The Labute approximate surface area is 132 Å². The van der Waals surface area contributed by atoms with Gasteiger partial charge in [-0.1, -0.05) is 41.6 Å². The number of rotatable bonds is 4. The van der Waals surface area contributed by atoms with Crippen LogP contribution in [0.4, 0.5) is 0 Å². The topological polar surface area (TPSA) is 38.7 Å². The van der Waals surface area contributed by atoms with Crippen LogP contribution in [0.3, 0.4) is 0 Å². The van der Waals surface area contributed by atoms with Crippen molar-refractivity contribution in [2.75, 3.05) is 0 Å². The summed E-state index contributed by atoms with van der Waals surface area (Å²) in [4.78, 5) is 4.08. The van der Waals surface area contributed by atoms with Crippen LogP contribution >= 0.6 is 23.4 Å². The van der Waals surface area contributed by atoms with E-state index in [4.69, 9.17) is 11.6 Å². The van der Waals surface area contributed by atoms with Gasteiger partial charge in [-0.3, -0.25) is 4.98 Å². The van der Waals surface area contributed by atoms with Gasteiger partial charge in [-0.15, -0.1) is 10.2 Å². The Morgan fingerprint density at radius 2 is 1.86 bits per heavy atom. The van der Waals surface area contributed by atoms with Crippen molar-refractivity contribution >= 4 is 23.4 Å². The van der Waals surface area contributed by atoms with Gasteiger partial charge in [0.1, 0.15) is 5.03 Å². The second-order valence-corrected chi connectivity index (χ2v) is 5.78. The molecule has 3 rings (SSSR count). The van der Waals surface area contributed by atoms with Crippen LogP contribution < -0.4 is 0 Å². The number of hydrogen-bond acceptors (Lipinski definition) is 4. The quantitative estimate of drug-likeness (QED) is 0.665. The molecule has 0 saturated heterocycles. The molecule has 21 heavy (non-hydrogen) atoms. The molecule has 0 aliphatic heterocycles. The molecule has 0 saturated carbocycles. The molecule has 5 heteroatoms. The van der Waals surface area contributed by atoms with Gasteiger partial charge in [0, 0.05) is 28.7 Å². The van der Waals surface area contributed by atoms with E-state index < -0.39 is 0 Å². The molecule has 0 aliphatic carbocycles. The minimum atomic E-state index is 0.778. The molecule has 0 amide bonds. The maximum Gasteiger partial charge on any atom is 0.119 e.